The van der Waals surface area contributed by atoms with Crippen molar-refractivity contribution in [2.75, 3.05) is 5.32 Å². The van der Waals surface area contributed by atoms with Crippen molar-refractivity contribution in [2.45, 2.75) is 19.1 Å². The molecule has 0 amide bonds. The van der Waals surface area contributed by atoms with Crippen LogP contribution in [0, 0.1) is 5.82 Å². The molecule has 0 heterocycles. The minimum atomic E-state index is -4.55. The zero-order chi connectivity index (χ0) is 15.6. The maximum absolute atomic E-state index is 13.8. The minimum Gasteiger partial charge on any atom is -0.376 e. The molecule has 6 heteroatoms. The normalized spacial score (nSPS) is 13.0. The summed E-state index contributed by atoms with van der Waals surface area (Å²) in [5, 5.41) is 2.87. The van der Waals surface area contributed by atoms with Crippen molar-refractivity contribution in [2.24, 2.45) is 0 Å². The molecule has 0 saturated heterocycles. The molecule has 0 aromatic heterocycles. The molecule has 0 aliphatic rings. The standard InChI is InChI=1S/C15H12BrF4N/c1-9(10-3-2-4-12(16)7-10)21-14-6-5-11(8-13(14)17)15(18,19)20/h2-9,21H,1H3. The largest absolute Gasteiger partial charge is 0.416 e. The van der Waals surface area contributed by atoms with Gasteiger partial charge in [0.25, 0.3) is 0 Å². The van der Waals surface area contributed by atoms with Crippen LogP contribution in [0.1, 0.15) is 24.1 Å². The first-order chi connectivity index (χ1) is 9.77. The molecular formula is C15H12BrF4N. The van der Waals surface area contributed by atoms with Crippen LogP contribution in [0.25, 0.3) is 0 Å². The van der Waals surface area contributed by atoms with Crippen LogP contribution < -0.4 is 5.32 Å². The number of benzene rings is 2. The summed E-state index contributed by atoms with van der Waals surface area (Å²) in [6, 6.07) is 9.62. The van der Waals surface area contributed by atoms with Gasteiger partial charge in [-0.25, -0.2) is 4.39 Å². The second-order valence-corrected chi connectivity index (χ2v) is 5.53. The summed E-state index contributed by atoms with van der Waals surface area (Å²) >= 11 is 3.33. The third kappa shape index (κ3) is 3.97. The van der Waals surface area contributed by atoms with Crippen molar-refractivity contribution >= 4 is 21.6 Å². The van der Waals surface area contributed by atoms with E-state index in [0.717, 1.165) is 22.2 Å². The van der Waals surface area contributed by atoms with Crippen LogP contribution in [0.15, 0.2) is 46.9 Å². The topological polar surface area (TPSA) is 12.0 Å². The van der Waals surface area contributed by atoms with Gasteiger partial charge < -0.3 is 5.32 Å². The Labute approximate surface area is 128 Å². The van der Waals surface area contributed by atoms with E-state index in [0.29, 0.717) is 6.07 Å². The van der Waals surface area contributed by atoms with Crippen molar-refractivity contribution in [3.63, 3.8) is 0 Å². The highest BCUT2D eigenvalue weighted by Gasteiger charge is 2.31. The summed E-state index contributed by atoms with van der Waals surface area (Å²) in [4.78, 5) is 0. The van der Waals surface area contributed by atoms with E-state index in [4.69, 9.17) is 0 Å². The Morgan fingerprint density at radius 2 is 1.81 bits per heavy atom. The Kier molecular flexibility index (Phi) is 4.56. The van der Waals surface area contributed by atoms with E-state index in [2.05, 4.69) is 21.2 Å². The van der Waals surface area contributed by atoms with Crippen LogP contribution in [0.3, 0.4) is 0 Å². The fourth-order valence-corrected chi connectivity index (χ4v) is 2.32. The number of rotatable bonds is 3. The van der Waals surface area contributed by atoms with Gasteiger partial charge in [0.1, 0.15) is 5.82 Å². The molecule has 2 rings (SSSR count). The van der Waals surface area contributed by atoms with E-state index in [1.54, 1.807) is 6.92 Å². The second kappa shape index (κ2) is 6.05. The minimum absolute atomic E-state index is 0.0375. The smallest absolute Gasteiger partial charge is 0.376 e. The van der Waals surface area contributed by atoms with Crippen LogP contribution in [0.5, 0.6) is 0 Å². The van der Waals surface area contributed by atoms with Gasteiger partial charge in [-0.1, -0.05) is 28.1 Å². The van der Waals surface area contributed by atoms with E-state index < -0.39 is 17.6 Å². The molecule has 0 spiro atoms. The molecule has 0 radical (unpaired) electrons. The van der Waals surface area contributed by atoms with Gasteiger partial charge in [0.05, 0.1) is 11.3 Å². The highest BCUT2D eigenvalue weighted by Crippen LogP contribution is 2.32. The first-order valence-corrected chi connectivity index (χ1v) is 6.95. The van der Waals surface area contributed by atoms with E-state index in [-0.39, 0.29) is 11.7 Å². The quantitative estimate of drug-likeness (QED) is 0.683. The molecule has 0 aliphatic heterocycles. The molecule has 0 fully saturated rings. The number of hydrogen-bond acceptors (Lipinski definition) is 1. The van der Waals surface area contributed by atoms with Crippen LogP contribution in [0.4, 0.5) is 23.2 Å². The molecule has 1 unspecified atom stereocenters. The fraction of sp³-hybridized carbons (Fsp3) is 0.200. The third-order valence-corrected chi connectivity index (χ3v) is 3.51. The molecule has 112 valence electrons. The first-order valence-electron chi connectivity index (χ1n) is 6.16. The Morgan fingerprint density at radius 3 is 2.38 bits per heavy atom. The molecule has 2 aromatic rings. The Balaban J connectivity index is 2.20. The average Bonchev–Trinajstić information content (AvgIpc) is 2.39. The average molecular weight is 362 g/mol. The summed E-state index contributed by atoms with van der Waals surface area (Å²) in [5.41, 5.74) is -0.0696. The van der Waals surface area contributed by atoms with Crippen molar-refractivity contribution in [1.82, 2.24) is 0 Å². The summed E-state index contributed by atoms with van der Waals surface area (Å²) in [5.74, 6) is -0.924. The third-order valence-electron chi connectivity index (χ3n) is 3.02. The summed E-state index contributed by atoms with van der Waals surface area (Å²) in [6.45, 7) is 1.80. The highest BCUT2D eigenvalue weighted by atomic mass is 79.9. The number of halogens is 5. The Bertz CT molecular complexity index is 640. The second-order valence-electron chi connectivity index (χ2n) is 4.61. The highest BCUT2D eigenvalue weighted by molar-refractivity contribution is 9.10. The lowest BCUT2D eigenvalue weighted by atomic mass is 10.1. The van der Waals surface area contributed by atoms with Gasteiger partial charge in [-0.05, 0) is 42.8 Å². The first kappa shape index (κ1) is 15.8. The summed E-state index contributed by atoms with van der Waals surface area (Å²) < 4.78 is 52.1. The van der Waals surface area contributed by atoms with E-state index in [1.807, 2.05) is 24.3 Å². The molecule has 21 heavy (non-hydrogen) atoms. The zero-order valence-corrected chi connectivity index (χ0v) is 12.6. The summed E-state index contributed by atoms with van der Waals surface area (Å²) in [7, 11) is 0. The van der Waals surface area contributed by atoms with Gasteiger partial charge >= 0.3 is 6.18 Å². The Hall–Kier alpha value is -1.56. The van der Waals surface area contributed by atoms with E-state index in [1.165, 1.54) is 0 Å². The number of alkyl halides is 3. The number of nitrogens with one attached hydrogen (secondary N) is 1. The van der Waals surface area contributed by atoms with Crippen LogP contribution in [0.2, 0.25) is 0 Å². The van der Waals surface area contributed by atoms with Gasteiger partial charge in [-0.2, -0.15) is 13.2 Å². The molecule has 1 atom stereocenters. The van der Waals surface area contributed by atoms with Crippen molar-refractivity contribution in [1.29, 1.82) is 0 Å². The van der Waals surface area contributed by atoms with Crippen molar-refractivity contribution < 1.29 is 17.6 Å². The van der Waals surface area contributed by atoms with Crippen LogP contribution in [-0.2, 0) is 6.18 Å². The lowest BCUT2D eigenvalue weighted by molar-refractivity contribution is -0.137. The van der Waals surface area contributed by atoms with Gasteiger partial charge in [-0.3, -0.25) is 0 Å². The summed E-state index contributed by atoms with van der Waals surface area (Å²) in [6.07, 6.45) is -4.55. The SMILES string of the molecule is CC(Nc1ccc(C(F)(F)F)cc1F)c1cccc(Br)c1. The number of hydrogen-bond donors (Lipinski definition) is 1. The maximum Gasteiger partial charge on any atom is 0.416 e. The van der Waals surface area contributed by atoms with Crippen LogP contribution in [-0.4, -0.2) is 0 Å². The Morgan fingerprint density at radius 1 is 1.10 bits per heavy atom. The van der Waals surface area contributed by atoms with Gasteiger partial charge in [0, 0.05) is 10.5 Å². The van der Waals surface area contributed by atoms with E-state index >= 15 is 0 Å². The van der Waals surface area contributed by atoms with Crippen molar-refractivity contribution in [3.05, 3.63) is 63.9 Å². The molecular weight excluding hydrogens is 350 g/mol. The lowest BCUT2D eigenvalue weighted by Crippen LogP contribution is -2.10. The maximum atomic E-state index is 13.8. The molecule has 0 bridgehead atoms. The molecule has 1 N–H and O–H groups in total. The van der Waals surface area contributed by atoms with Crippen LogP contribution >= 0.6 is 15.9 Å². The fourth-order valence-electron chi connectivity index (χ4n) is 1.90. The van der Waals surface area contributed by atoms with Gasteiger partial charge in [0.2, 0.25) is 0 Å². The number of anilines is 1. The molecule has 2 aromatic carbocycles. The zero-order valence-electron chi connectivity index (χ0n) is 11.0. The van der Waals surface area contributed by atoms with Gasteiger partial charge in [0.15, 0.2) is 0 Å². The van der Waals surface area contributed by atoms with E-state index in [9.17, 15) is 17.6 Å². The van der Waals surface area contributed by atoms with Crippen molar-refractivity contribution in [3.8, 4) is 0 Å². The van der Waals surface area contributed by atoms with Gasteiger partial charge in [-0.15, -0.1) is 0 Å². The molecule has 0 aliphatic carbocycles. The predicted molar refractivity (Wildman–Crippen MR) is 77.6 cm³/mol. The molecule has 1 nitrogen and oxygen atoms in total. The monoisotopic (exact) mass is 361 g/mol. The predicted octanol–water partition coefficient (Wildman–Crippen LogP) is 5.78. The lowest BCUT2D eigenvalue weighted by Gasteiger charge is -2.17. The molecule has 0 saturated carbocycles.